The fourth-order valence-electron chi connectivity index (χ4n) is 3.50. The number of imidazole rings is 1. The van der Waals surface area contributed by atoms with Crippen LogP contribution in [0.25, 0.3) is 22.4 Å². The number of methoxy groups -OCH3 is 1. The molecule has 164 valence electrons. The molecule has 33 heavy (non-hydrogen) atoms. The molecule has 0 saturated heterocycles. The maximum Gasteiger partial charge on any atom is 0.307 e. The topological polar surface area (TPSA) is 110 Å². The maximum absolute atomic E-state index is 12.5. The minimum Gasteiger partial charge on any atom is -0.469 e. The molecule has 2 heterocycles. The van der Waals surface area contributed by atoms with Gasteiger partial charge in [0.05, 0.1) is 42.7 Å². The van der Waals surface area contributed by atoms with Crippen LogP contribution in [-0.4, -0.2) is 40.1 Å². The molecule has 0 fully saturated rings. The van der Waals surface area contributed by atoms with Crippen molar-refractivity contribution in [3.05, 3.63) is 83.7 Å². The minimum atomic E-state index is -0.382. The Bertz CT molecular complexity index is 1340. The molecule has 8 heteroatoms. The number of carbonyl (C=O) groups is 2. The number of benzene rings is 2. The number of hydrogen-bond acceptors (Lipinski definition) is 6. The van der Waals surface area contributed by atoms with E-state index in [9.17, 15) is 9.59 Å². The van der Waals surface area contributed by atoms with Gasteiger partial charge in [-0.1, -0.05) is 6.07 Å². The summed E-state index contributed by atoms with van der Waals surface area (Å²) >= 11 is 0. The molecule has 0 aliphatic heterocycles. The van der Waals surface area contributed by atoms with Crippen LogP contribution < -0.4 is 5.32 Å². The molecular weight excluding hydrogens is 418 g/mol. The van der Waals surface area contributed by atoms with Crippen LogP contribution in [0.5, 0.6) is 0 Å². The van der Waals surface area contributed by atoms with Crippen molar-refractivity contribution >= 4 is 22.9 Å². The Morgan fingerprint density at radius 3 is 2.67 bits per heavy atom. The Balaban J connectivity index is 1.70. The smallest absolute Gasteiger partial charge is 0.307 e. The monoisotopic (exact) mass is 439 g/mol. The van der Waals surface area contributed by atoms with Crippen LogP contribution in [-0.2, 0) is 16.1 Å². The zero-order chi connectivity index (χ0) is 23.2. The van der Waals surface area contributed by atoms with Gasteiger partial charge >= 0.3 is 5.97 Å². The molecule has 0 saturated carbocycles. The third-order valence-corrected chi connectivity index (χ3v) is 5.19. The first-order valence-electron chi connectivity index (χ1n) is 10.3. The van der Waals surface area contributed by atoms with Crippen LogP contribution in [0.4, 0.5) is 0 Å². The summed E-state index contributed by atoms with van der Waals surface area (Å²) in [5, 5.41) is 11.8. The summed E-state index contributed by atoms with van der Waals surface area (Å²) in [7, 11) is 1.31. The number of ether oxygens (including phenoxy) is 1. The van der Waals surface area contributed by atoms with E-state index in [4.69, 9.17) is 10.2 Å². The normalized spacial score (nSPS) is 10.5. The molecule has 0 atom stereocenters. The number of rotatable bonds is 7. The van der Waals surface area contributed by atoms with E-state index in [2.05, 4.69) is 25.7 Å². The number of hydrogen-bond donors (Lipinski definition) is 1. The molecule has 0 bridgehead atoms. The first kappa shape index (κ1) is 21.7. The van der Waals surface area contributed by atoms with Gasteiger partial charge in [-0.05, 0) is 54.1 Å². The predicted molar refractivity (Wildman–Crippen MR) is 122 cm³/mol. The Kier molecular flexibility index (Phi) is 6.41. The minimum absolute atomic E-state index is 0.104. The van der Waals surface area contributed by atoms with Gasteiger partial charge in [-0.3, -0.25) is 14.6 Å². The van der Waals surface area contributed by atoms with Gasteiger partial charge in [0.25, 0.3) is 5.91 Å². The van der Waals surface area contributed by atoms with Crippen molar-refractivity contribution in [2.24, 2.45) is 0 Å². The zero-order valence-corrected chi connectivity index (χ0v) is 18.0. The fourth-order valence-corrected chi connectivity index (χ4v) is 3.50. The molecular formula is C25H21N5O3. The lowest BCUT2D eigenvalue weighted by atomic mass is 10.1. The second kappa shape index (κ2) is 9.75. The Hall–Kier alpha value is -4.51. The zero-order valence-electron chi connectivity index (χ0n) is 18.0. The Morgan fingerprint density at radius 2 is 1.97 bits per heavy atom. The summed E-state index contributed by atoms with van der Waals surface area (Å²) in [6, 6.07) is 18.6. The highest BCUT2D eigenvalue weighted by Crippen LogP contribution is 2.27. The third-order valence-electron chi connectivity index (χ3n) is 5.19. The van der Waals surface area contributed by atoms with E-state index in [1.54, 1.807) is 36.7 Å². The number of carbonyl (C=O) groups excluding carboxylic acids is 2. The Morgan fingerprint density at radius 1 is 1.15 bits per heavy atom. The summed E-state index contributed by atoms with van der Waals surface area (Å²) < 4.78 is 6.65. The molecule has 2 aromatic heterocycles. The quantitative estimate of drug-likeness (QED) is 0.443. The van der Waals surface area contributed by atoms with Crippen LogP contribution in [0.15, 0.2) is 67.0 Å². The SMILES string of the molecule is COC(=O)CCNC(=O)c1ccc2c(c1)nc(-c1ccc(C#N)cc1)n2Cc1cccnc1. The van der Waals surface area contributed by atoms with Gasteiger partial charge in [-0.15, -0.1) is 0 Å². The highest BCUT2D eigenvalue weighted by molar-refractivity contribution is 5.98. The average molecular weight is 439 g/mol. The number of pyridine rings is 1. The lowest BCUT2D eigenvalue weighted by Crippen LogP contribution is -2.26. The number of nitrogens with zero attached hydrogens (tertiary/aromatic N) is 4. The second-order valence-electron chi connectivity index (χ2n) is 7.36. The predicted octanol–water partition coefficient (Wildman–Crippen LogP) is 3.31. The Labute approximate surface area is 190 Å². The average Bonchev–Trinajstić information content (AvgIpc) is 3.22. The number of nitriles is 1. The van der Waals surface area contributed by atoms with Gasteiger partial charge < -0.3 is 14.6 Å². The molecule has 0 unspecified atom stereocenters. The summed E-state index contributed by atoms with van der Waals surface area (Å²) in [5.41, 5.74) is 4.42. The maximum atomic E-state index is 12.5. The van der Waals surface area contributed by atoms with E-state index in [0.717, 1.165) is 22.5 Å². The molecule has 1 N–H and O–H groups in total. The summed E-state index contributed by atoms with van der Waals surface area (Å²) in [5.74, 6) is 0.0519. The molecule has 1 amide bonds. The third kappa shape index (κ3) is 4.88. The largest absolute Gasteiger partial charge is 0.469 e. The molecule has 4 aromatic rings. The molecule has 2 aromatic carbocycles. The van der Waals surface area contributed by atoms with Gasteiger partial charge in [-0.25, -0.2) is 4.98 Å². The number of aromatic nitrogens is 3. The van der Waals surface area contributed by atoms with E-state index in [1.807, 2.05) is 30.3 Å². The second-order valence-corrected chi connectivity index (χ2v) is 7.36. The number of nitrogens with one attached hydrogen (secondary N) is 1. The first-order valence-corrected chi connectivity index (χ1v) is 10.3. The molecule has 0 radical (unpaired) electrons. The highest BCUT2D eigenvalue weighted by atomic mass is 16.5. The van der Waals surface area contributed by atoms with Crippen LogP contribution in [0.2, 0.25) is 0 Å². The van der Waals surface area contributed by atoms with E-state index in [-0.39, 0.29) is 24.8 Å². The number of amides is 1. The van der Waals surface area contributed by atoms with Crippen LogP contribution in [0.1, 0.15) is 27.9 Å². The molecule has 0 spiro atoms. The van der Waals surface area contributed by atoms with Crippen molar-refractivity contribution in [2.75, 3.05) is 13.7 Å². The lowest BCUT2D eigenvalue weighted by Gasteiger charge is -2.10. The van der Waals surface area contributed by atoms with E-state index in [1.165, 1.54) is 7.11 Å². The summed E-state index contributed by atoms with van der Waals surface area (Å²) in [4.78, 5) is 32.8. The van der Waals surface area contributed by atoms with Crippen molar-refractivity contribution in [1.29, 1.82) is 5.26 Å². The molecule has 8 nitrogen and oxygen atoms in total. The fraction of sp³-hybridized carbons (Fsp3) is 0.160. The van der Waals surface area contributed by atoms with Crippen molar-refractivity contribution in [1.82, 2.24) is 19.9 Å². The first-order chi connectivity index (χ1) is 16.1. The van der Waals surface area contributed by atoms with E-state index < -0.39 is 0 Å². The number of esters is 1. The van der Waals surface area contributed by atoms with Gasteiger partial charge in [-0.2, -0.15) is 5.26 Å². The van der Waals surface area contributed by atoms with Crippen molar-refractivity contribution in [3.8, 4) is 17.5 Å². The van der Waals surface area contributed by atoms with Gasteiger partial charge in [0.2, 0.25) is 0 Å². The van der Waals surface area contributed by atoms with Crippen LogP contribution in [0.3, 0.4) is 0 Å². The summed E-state index contributed by atoms with van der Waals surface area (Å²) in [6.45, 7) is 0.736. The van der Waals surface area contributed by atoms with E-state index in [0.29, 0.717) is 23.2 Å². The molecule has 0 aliphatic rings. The van der Waals surface area contributed by atoms with Crippen LogP contribution in [0, 0.1) is 11.3 Å². The van der Waals surface area contributed by atoms with Crippen molar-refractivity contribution in [3.63, 3.8) is 0 Å². The molecule has 4 rings (SSSR count). The number of fused-ring (bicyclic) bond motifs is 1. The van der Waals surface area contributed by atoms with Gasteiger partial charge in [0, 0.05) is 30.1 Å². The standard InChI is InChI=1S/C25H21N5O3/c1-33-23(31)10-12-28-25(32)20-8-9-22-21(13-20)29-24(19-6-4-17(14-26)5-7-19)30(22)16-18-3-2-11-27-15-18/h2-9,11,13,15H,10,12,16H2,1H3,(H,28,32). The molecule has 0 aliphatic carbocycles. The van der Waals surface area contributed by atoms with Gasteiger partial charge in [0.15, 0.2) is 0 Å². The van der Waals surface area contributed by atoms with Gasteiger partial charge in [0.1, 0.15) is 5.82 Å². The van der Waals surface area contributed by atoms with Crippen LogP contribution >= 0.6 is 0 Å². The lowest BCUT2D eigenvalue weighted by molar-refractivity contribution is -0.140. The summed E-state index contributed by atoms with van der Waals surface area (Å²) in [6.07, 6.45) is 3.63. The van der Waals surface area contributed by atoms with Crippen molar-refractivity contribution in [2.45, 2.75) is 13.0 Å². The highest BCUT2D eigenvalue weighted by Gasteiger charge is 2.16. The van der Waals surface area contributed by atoms with E-state index >= 15 is 0 Å². The van der Waals surface area contributed by atoms with Crippen molar-refractivity contribution < 1.29 is 14.3 Å².